The molecule has 0 aliphatic heterocycles. The van der Waals surface area contributed by atoms with Crippen molar-refractivity contribution in [2.75, 3.05) is 0 Å². The van der Waals surface area contributed by atoms with Gasteiger partial charge in [-0.25, -0.2) is 0 Å². The second-order valence-electron chi connectivity index (χ2n) is 3.63. The third kappa shape index (κ3) is 2.15. The Morgan fingerprint density at radius 1 is 1.36 bits per heavy atom. The summed E-state index contributed by atoms with van der Waals surface area (Å²) in [6, 6.07) is 3.96. The van der Waals surface area contributed by atoms with Crippen molar-refractivity contribution in [3.05, 3.63) is 23.9 Å². The lowest BCUT2D eigenvalue weighted by molar-refractivity contribution is 0.587. The third-order valence-corrected chi connectivity index (χ3v) is 1.82. The maximum atomic E-state index is 4.96. The first kappa shape index (κ1) is 8.47. The zero-order valence-electron chi connectivity index (χ0n) is 7.09. The van der Waals surface area contributed by atoms with Gasteiger partial charge < -0.3 is 12.6 Å². The molecule has 0 bridgehead atoms. The molecule has 0 atom stereocenters. The quantitative estimate of drug-likeness (QED) is 0.548. The molecule has 1 nitrogen and oxygen atoms in total. The monoisotopic (exact) mass is 166 g/mol. The van der Waals surface area contributed by atoms with Crippen molar-refractivity contribution < 1.29 is 0 Å². The van der Waals surface area contributed by atoms with Gasteiger partial charge in [0.1, 0.15) is 0 Å². The van der Waals surface area contributed by atoms with Crippen LogP contribution in [-0.4, -0.2) is 4.98 Å². The molecule has 0 saturated heterocycles. The predicted octanol–water partition coefficient (Wildman–Crippen LogP) is 2.28. The van der Waals surface area contributed by atoms with Crippen molar-refractivity contribution in [2.24, 2.45) is 0 Å². The van der Waals surface area contributed by atoms with E-state index in [0.29, 0.717) is 5.03 Å². The lowest BCUT2D eigenvalue weighted by Gasteiger charge is -2.20. The maximum absolute atomic E-state index is 4.96. The zero-order valence-corrected chi connectivity index (χ0v) is 7.90. The van der Waals surface area contributed by atoms with Crippen molar-refractivity contribution in [3.8, 4) is 0 Å². The first-order chi connectivity index (χ1) is 5.00. The summed E-state index contributed by atoms with van der Waals surface area (Å²) in [7, 11) is 0. The summed E-state index contributed by atoms with van der Waals surface area (Å²) in [4.78, 5) is 3.97. The number of nitrogens with zero attached hydrogens (tertiary/aromatic N) is 1. The Morgan fingerprint density at radius 2 is 2.00 bits per heavy atom. The third-order valence-electron chi connectivity index (χ3n) is 1.60. The summed E-state index contributed by atoms with van der Waals surface area (Å²) in [5.41, 5.74) is 1.42. The molecule has 1 aromatic heterocycles. The fraction of sp³-hybridized carbons (Fsp3) is 0.444. The van der Waals surface area contributed by atoms with Crippen LogP contribution in [0.3, 0.4) is 0 Å². The standard InChI is InChI=1S/C9H13NS/c1-9(2,3)7-4-5-10-8(11)6-7/h4-6H,1-3H3,(H,10,11)/p-1. The molecule has 0 spiro atoms. The van der Waals surface area contributed by atoms with Crippen LogP contribution in [0.4, 0.5) is 0 Å². The Kier molecular flexibility index (Phi) is 2.14. The van der Waals surface area contributed by atoms with Gasteiger partial charge in [0.2, 0.25) is 0 Å². The summed E-state index contributed by atoms with van der Waals surface area (Å²) in [5.74, 6) is 0. The van der Waals surface area contributed by atoms with Crippen molar-refractivity contribution in [2.45, 2.75) is 31.2 Å². The minimum atomic E-state index is 0.177. The highest BCUT2D eigenvalue weighted by Crippen LogP contribution is 2.21. The van der Waals surface area contributed by atoms with Gasteiger partial charge in [-0.1, -0.05) is 31.9 Å². The van der Waals surface area contributed by atoms with Crippen LogP contribution in [0.1, 0.15) is 26.3 Å². The summed E-state index contributed by atoms with van der Waals surface area (Å²) in [6.45, 7) is 6.49. The summed E-state index contributed by atoms with van der Waals surface area (Å²) >= 11 is 4.96. The fourth-order valence-electron chi connectivity index (χ4n) is 0.876. The van der Waals surface area contributed by atoms with Crippen molar-refractivity contribution in [3.63, 3.8) is 0 Å². The molecule has 0 saturated carbocycles. The van der Waals surface area contributed by atoms with E-state index in [-0.39, 0.29) is 5.41 Å². The van der Waals surface area contributed by atoms with Gasteiger partial charge in [0.15, 0.2) is 0 Å². The van der Waals surface area contributed by atoms with Crippen molar-refractivity contribution >= 4 is 12.6 Å². The van der Waals surface area contributed by atoms with Crippen molar-refractivity contribution in [1.29, 1.82) is 0 Å². The van der Waals surface area contributed by atoms with E-state index in [0.717, 1.165) is 0 Å². The average molecular weight is 166 g/mol. The van der Waals surface area contributed by atoms with Crippen LogP contribution < -0.4 is 0 Å². The Labute approximate surface area is 73.3 Å². The second kappa shape index (κ2) is 2.78. The molecule has 0 aromatic carbocycles. The van der Waals surface area contributed by atoms with Crippen molar-refractivity contribution in [1.82, 2.24) is 4.98 Å². The highest BCUT2D eigenvalue weighted by molar-refractivity contribution is 7.58. The van der Waals surface area contributed by atoms with Gasteiger partial charge in [-0.15, -0.1) is 0 Å². The number of hydrogen-bond donors (Lipinski definition) is 0. The molecule has 60 valence electrons. The Balaban J connectivity index is 3.06. The molecule has 11 heavy (non-hydrogen) atoms. The van der Waals surface area contributed by atoms with Crippen LogP contribution in [0, 0.1) is 0 Å². The summed E-state index contributed by atoms with van der Waals surface area (Å²) in [6.07, 6.45) is 1.77. The molecule has 2 heteroatoms. The van der Waals surface area contributed by atoms with E-state index < -0.39 is 0 Å². The average Bonchev–Trinajstić information content (AvgIpc) is 1.86. The SMILES string of the molecule is CC(C)(C)c1ccnc([S-])c1. The Hall–Kier alpha value is -0.630. The van der Waals surface area contributed by atoms with Crippen LogP contribution in [0.25, 0.3) is 0 Å². The van der Waals surface area contributed by atoms with Crippen LogP contribution in [0.15, 0.2) is 23.4 Å². The molecule has 0 radical (unpaired) electrons. The molecular formula is C9H12NS-. The largest absolute Gasteiger partial charge is 0.760 e. The predicted molar refractivity (Wildman–Crippen MR) is 48.6 cm³/mol. The molecular weight excluding hydrogens is 154 g/mol. The molecule has 1 rings (SSSR count). The second-order valence-corrected chi connectivity index (χ2v) is 4.05. The fourth-order valence-corrected chi connectivity index (χ4v) is 1.06. The Morgan fingerprint density at radius 3 is 2.36 bits per heavy atom. The molecule has 1 heterocycles. The summed E-state index contributed by atoms with van der Waals surface area (Å²) < 4.78 is 0. The number of pyridine rings is 1. The van der Waals surface area contributed by atoms with Gasteiger partial charge >= 0.3 is 0 Å². The highest BCUT2D eigenvalue weighted by atomic mass is 32.1. The maximum Gasteiger partial charge on any atom is 0.0252 e. The lowest BCUT2D eigenvalue weighted by atomic mass is 9.88. The van der Waals surface area contributed by atoms with Gasteiger partial charge in [-0.05, 0) is 17.0 Å². The molecule has 0 amide bonds. The molecule has 0 fully saturated rings. The smallest absolute Gasteiger partial charge is 0.0252 e. The topological polar surface area (TPSA) is 12.9 Å². The zero-order chi connectivity index (χ0) is 8.48. The number of rotatable bonds is 0. The van der Waals surface area contributed by atoms with Gasteiger partial charge in [-0.2, -0.15) is 0 Å². The molecule has 0 aliphatic rings. The van der Waals surface area contributed by atoms with Gasteiger partial charge in [0, 0.05) is 6.20 Å². The van der Waals surface area contributed by atoms with Crippen LogP contribution in [0.5, 0.6) is 0 Å². The first-order valence-electron chi connectivity index (χ1n) is 3.64. The number of aromatic nitrogens is 1. The highest BCUT2D eigenvalue weighted by Gasteiger charge is 2.11. The minimum Gasteiger partial charge on any atom is -0.760 e. The first-order valence-corrected chi connectivity index (χ1v) is 4.04. The van der Waals surface area contributed by atoms with Gasteiger partial charge in [0.25, 0.3) is 0 Å². The molecule has 0 N–H and O–H groups in total. The number of hydrogen-bond acceptors (Lipinski definition) is 2. The lowest BCUT2D eigenvalue weighted by Crippen LogP contribution is -2.11. The molecule has 1 aromatic rings. The van der Waals surface area contributed by atoms with Crippen LogP contribution in [0.2, 0.25) is 0 Å². The van der Waals surface area contributed by atoms with E-state index in [1.165, 1.54) is 5.56 Å². The summed E-state index contributed by atoms with van der Waals surface area (Å²) in [5, 5.41) is 0.678. The van der Waals surface area contributed by atoms with E-state index in [9.17, 15) is 0 Å². The molecule has 0 aliphatic carbocycles. The normalized spacial score (nSPS) is 11.5. The van der Waals surface area contributed by atoms with Gasteiger partial charge in [-0.3, -0.25) is 4.98 Å². The van der Waals surface area contributed by atoms with E-state index in [4.69, 9.17) is 12.6 Å². The van der Waals surface area contributed by atoms with E-state index in [1.807, 2.05) is 12.1 Å². The van der Waals surface area contributed by atoms with E-state index in [2.05, 4.69) is 25.8 Å². The van der Waals surface area contributed by atoms with Crippen LogP contribution >= 0.6 is 0 Å². The minimum absolute atomic E-state index is 0.177. The molecule has 0 unspecified atom stereocenters. The van der Waals surface area contributed by atoms with E-state index in [1.54, 1.807) is 6.20 Å². The van der Waals surface area contributed by atoms with Crippen LogP contribution in [-0.2, 0) is 18.0 Å². The Bertz CT molecular complexity index is 250. The van der Waals surface area contributed by atoms with Gasteiger partial charge in [0.05, 0.1) is 0 Å². The van der Waals surface area contributed by atoms with E-state index >= 15 is 0 Å².